The molecule has 6 aromatic rings. The molecule has 0 aliphatic rings. The van der Waals surface area contributed by atoms with Gasteiger partial charge in [-0.3, -0.25) is 9.88 Å². The van der Waals surface area contributed by atoms with Gasteiger partial charge in [0.25, 0.3) is 0 Å². The lowest BCUT2D eigenvalue weighted by Gasteiger charge is -2.31. The third-order valence-electron chi connectivity index (χ3n) is 6.37. The Morgan fingerprint density at radius 1 is 0.421 bits per heavy atom. The van der Waals surface area contributed by atoms with Crippen LogP contribution in [0.4, 0.5) is 34.3 Å². The Labute approximate surface area is 223 Å². The molecule has 4 nitrogen and oxygen atoms in total. The molecular formula is C34H26N4. The van der Waals surface area contributed by atoms with Gasteiger partial charge in [-0.1, -0.05) is 78.9 Å². The van der Waals surface area contributed by atoms with Gasteiger partial charge >= 0.3 is 0 Å². The molecule has 0 atom stereocenters. The third kappa shape index (κ3) is 4.63. The van der Waals surface area contributed by atoms with Gasteiger partial charge in [-0.25, -0.2) is 4.98 Å². The van der Waals surface area contributed by atoms with Gasteiger partial charge in [-0.05, 0) is 60.7 Å². The van der Waals surface area contributed by atoms with Gasteiger partial charge in [-0.2, -0.15) is 0 Å². The van der Waals surface area contributed by atoms with Crippen LogP contribution in [-0.4, -0.2) is 9.97 Å². The summed E-state index contributed by atoms with van der Waals surface area (Å²) in [6.45, 7) is 0. The zero-order valence-electron chi connectivity index (χ0n) is 20.8. The average molecular weight is 491 g/mol. The first-order chi connectivity index (χ1) is 18.9. The Hall–Kier alpha value is -5.22. The molecule has 0 unspecified atom stereocenters. The molecule has 0 bridgehead atoms. The van der Waals surface area contributed by atoms with E-state index in [1.807, 2.05) is 42.7 Å². The van der Waals surface area contributed by atoms with Gasteiger partial charge in [0.2, 0.25) is 0 Å². The number of hydrogen-bond acceptors (Lipinski definition) is 4. The van der Waals surface area contributed by atoms with Crippen LogP contribution in [0.25, 0.3) is 11.1 Å². The molecule has 182 valence electrons. The van der Waals surface area contributed by atoms with Crippen molar-refractivity contribution in [2.24, 2.45) is 0 Å². The number of benzene rings is 4. The smallest absolute Gasteiger partial charge is 0.147 e. The van der Waals surface area contributed by atoms with Crippen LogP contribution in [0.15, 0.2) is 158 Å². The van der Waals surface area contributed by atoms with E-state index in [-0.39, 0.29) is 0 Å². The maximum absolute atomic E-state index is 5.01. The highest BCUT2D eigenvalue weighted by Gasteiger charge is 2.25. The van der Waals surface area contributed by atoms with Gasteiger partial charge in [0, 0.05) is 46.9 Å². The molecule has 0 fully saturated rings. The molecule has 38 heavy (non-hydrogen) atoms. The van der Waals surface area contributed by atoms with E-state index in [1.165, 1.54) is 0 Å². The average Bonchev–Trinajstić information content (AvgIpc) is 3.00. The zero-order chi connectivity index (χ0) is 25.6. The standard InChI is InChI=1S/C34H26N4/c1-5-15-28(16-6-1)37(29-17-7-2-8-18-29)32-23-25-36-34(33(32)27-14-13-24-35-26-27)38(30-19-9-3-10-20-30)31-21-11-4-12-22-31/h1-26H. The van der Waals surface area contributed by atoms with Crippen molar-refractivity contribution in [1.29, 1.82) is 0 Å². The molecule has 0 amide bonds. The molecule has 0 spiro atoms. The Kier molecular flexibility index (Phi) is 6.60. The van der Waals surface area contributed by atoms with Crippen LogP contribution in [0.2, 0.25) is 0 Å². The summed E-state index contributed by atoms with van der Waals surface area (Å²) in [4.78, 5) is 14.0. The minimum absolute atomic E-state index is 0.824. The summed E-state index contributed by atoms with van der Waals surface area (Å²) in [5.41, 5.74) is 7.16. The number of anilines is 6. The largest absolute Gasteiger partial charge is 0.310 e. The molecule has 4 aromatic carbocycles. The lowest BCUT2D eigenvalue weighted by molar-refractivity contribution is 1.16. The van der Waals surface area contributed by atoms with Crippen LogP contribution in [-0.2, 0) is 0 Å². The molecule has 0 radical (unpaired) electrons. The van der Waals surface area contributed by atoms with Crippen molar-refractivity contribution < 1.29 is 0 Å². The minimum Gasteiger partial charge on any atom is -0.310 e. The first-order valence-corrected chi connectivity index (χ1v) is 12.6. The van der Waals surface area contributed by atoms with E-state index in [4.69, 9.17) is 4.98 Å². The first kappa shape index (κ1) is 23.2. The monoisotopic (exact) mass is 490 g/mol. The molecule has 0 aliphatic carbocycles. The summed E-state index contributed by atoms with van der Waals surface area (Å²) in [5.74, 6) is 0.824. The SMILES string of the molecule is c1ccc(N(c2ccccc2)c2ccnc(N(c3ccccc3)c3ccccc3)c2-c2cccnc2)cc1. The van der Waals surface area contributed by atoms with E-state index < -0.39 is 0 Å². The number of aromatic nitrogens is 2. The highest BCUT2D eigenvalue weighted by Crippen LogP contribution is 2.47. The topological polar surface area (TPSA) is 32.3 Å². The second-order valence-electron chi connectivity index (χ2n) is 8.78. The van der Waals surface area contributed by atoms with E-state index in [2.05, 4.69) is 124 Å². The van der Waals surface area contributed by atoms with Crippen molar-refractivity contribution in [3.63, 3.8) is 0 Å². The number of nitrogens with zero attached hydrogens (tertiary/aromatic N) is 4. The minimum atomic E-state index is 0.824. The quantitative estimate of drug-likeness (QED) is 0.223. The van der Waals surface area contributed by atoms with Gasteiger partial charge < -0.3 is 4.90 Å². The second-order valence-corrected chi connectivity index (χ2v) is 8.78. The molecule has 6 rings (SSSR count). The predicted molar refractivity (Wildman–Crippen MR) is 157 cm³/mol. The predicted octanol–water partition coefficient (Wildman–Crippen LogP) is 9.08. The summed E-state index contributed by atoms with van der Waals surface area (Å²) in [5, 5.41) is 0. The Morgan fingerprint density at radius 2 is 0.895 bits per heavy atom. The number of pyridine rings is 2. The van der Waals surface area contributed by atoms with Crippen molar-refractivity contribution in [1.82, 2.24) is 9.97 Å². The highest BCUT2D eigenvalue weighted by molar-refractivity contribution is 5.96. The molecular weight excluding hydrogens is 464 g/mol. The summed E-state index contributed by atoms with van der Waals surface area (Å²) in [6.07, 6.45) is 5.60. The maximum Gasteiger partial charge on any atom is 0.147 e. The van der Waals surface area contributed by atoms with Gasteiger partial charge in [-0.15, -0.1) is 0 Å². The van der Waals surface area contributed by atoms with Crippen molar-refractivity contribution in [3.05, 3.63) is 158 Å². The molecule has 2 heterocycles. The molecule has 0 saturated heterocycles. The Morgan fingerprint density at radius 3 is 1.34 bits per heavy atom. The Balaban J connectivity index is 1.67. The first-order valence-electron chi connectivity index (χ1n) is 12.6. The molecule has 4 heteroatoms. The van der Waals surface area contributed by atoms with E-state index >= 15 is 0 Å². The van der Waals surface area contributed by atoms with Crippen molar-refractivity contribution in [3.8, 4) is 11.1 Å². The van der Waals surface area contributed by atoms with Gasteiger partial charge in [0.05, 0.1) is 11.3 Å². The van der Waals surface area contributed by atoms with Crippen molar-refractivity contribution in [2.75, 3.05) is 9.80 Å². The fourth-order valence-electron chi connectivity index (χ4n) is 4.71. The summed E-state index contributed by atoms with van der Waals surface area (Å²) in [7, 11) is 0. The fourth-order valence-corrected chi connectivity index (χ4v) is 4.71. The summed E-state index contributed by atoms with van der Waals surface area (Å²) in [6, 6.07) is 47.8. The third-order valence-corrected chi connectivity index (χ3v) is 6.37. The van der Waals surface area contributed by atoms with Gasteiger partial charge in [0.1, 0.15) is 5.82 Å². The zero-order valence-corrected chi connectivity index (χ0v) is 20.8. The van der Waals surface area contributed by atoms with Crippen LogP contribution in [0.1, 0.15) is 0 Å². The highest BCUT2D eigenvalue weighted by atomic mass is 15.2. The van der Waals surface area contributed by atoms with E-state index in [0.29, 0.717) is 0 Å². The summed E-state index contributed by atoms with van der Waals surface area (Å²) < 4.78 is 0. The number of rotatable bonds is 7. The van der Waals surface area contributed by atoms with Crippen molar-refractivity contribution >= 4 is 34.3 Å². The molecule has 0 aliphatic heterocycles. The number of hydrogen-bond donors (Lipinski definition) is 0. The van der Waals surface area contributed by atoms with Gasteiger partial charge in [0.15, 0.2) is 0 Å². The Bertz CT molecular complexity index is 1410. The normalized spacial score (nSPS) is 10.6. The lowest BCUT2D eigenvalue weighted by atomic mass is 10.0. The van der Waals surface area contributed by atoms with Crippen LogP contribution in [0.3, 0.4) is 0 Å². The van der Waals surface area contributed by atoms with E-state index in [1.54, 1.807) is 6.20 Å². The van der Waals surface area contributed by atoms with Crippen LogP contribution >= 0.6 is 0 Å². The fraction of sp³-hybridized carbons (Fsp3) is 0. The molecule has 0 saturated carbocycles. The van der Waals surface area contributed by atoms with Crippen LogP contribution in [0, 0.1) is 0 Å². The van der Waals surface area contributed by atoms with Crippen molar-refractivity contribution in [2.45, 2.75) is 0 Å². The molecule has 0 N–H and O–H groups in total. The lowest BCUT2D eigenvalue weighted by Crippen LogP contribution is -2.16. The van der Waals surface area contributed by atoms with E-state index in [0.717, 1.165) is 45.4 Å². The number of para-hydroxylation sites is 4. The maximum atomic E-state index is 5.01. The summed E-state index contributed by atoms with van der Waals surface area (Å²) >= 11 is 0. The van der Waals surface area contributed by atoms with E-state index in [9.17, 15) is 0 Å². The van der Waals surface area contributed by atoms with Crippen LogP contribution in [0.5, 0.6) is 0 Å². The van der Waals surface area contributed by atoms with Crippen LogP contribution < -0.4 is 9.80 Å². The molecule has 2 aromatic heterocycles. The second kappa shape index (κ2) is 10.8.